The molecule has 4 nitrogen and oxygen atoms in total. The molecule has 2 N–H and O–H groups in total. The van der Waals surface area contributed by atoms with Crippen molar-refractivity contribution in [3.05, 3.63) is 53.3 Å². The fourth-order valence-corrected chi connectivity index (χ4v) is 2.78. The largest absolute Gasteiger partial charge is 0.397 e. The Balaban J connectivity index is 1.56. The molecule has 5 heteroatoms. The van der Waals surface area contributed by atoms with Gasteiger partial charge in [0.2, 0.25) is 0 Å². The summed E-state index contributed by atoms with van der Waals surface area (Å²) in [6.45, 7) is 4.95. The zero-order chi connectivity index (χ0) is 14.7. The lowest BCUT2D eigenvalue weighted by Gasteiger charge is -2.36. The van der Waals surface area contributed by atoms with Gasteiger partial charge in [0.1, 0.15) is 0 Å². The third-order valence-electron chi connectivity index (χ3n) is 3.78. The smallest absolute Gasteiger partial charge is 0.0545 e. The highest BCUT2D eigenvalue weighted by atomic mass is 35.5. The van der Waals surface area contributed by atoms with Crippen molar-refractivity contribution in [3.8, 4) is 0 Å². The molecule has 110 valence electrons. The molecule has 0 spiro atoms. The summed E-state index contributed by atoms with van der Waals surface area (Å²) in [5, 5.41) is 0.793. The van der Waals surface area contributed by atoms with Gasteiger partial charge < -0.3 is 10.6 Å². The van der Waals surface area contributed by atoms with Gasteiger partial charge in [-0.25, -0.2) is 0 Å². The summed E-state index contributed by atoms with van der Waals surface area (Å²) in [7, 11) is 0. The third kappa shape index (κ3) is 3.65. The van der Waals surface area contributed by atoms with Gasteiger partial charge >= 0.3 is 0 Å². The minimum atomic E-state index is 0.713. The van der Waals surface area contributed by atoms with Crippen molar-refractivity contribution in [1.29, 1.82) is 0 Å². The number of nitrogens with zero attached hydrogens (tertiary/aromatic N) is 3. The van der Waals surface area contributed by atoms with Crippen LogP contribution in [-0.4, -0.2) is 36.1 Å². The van der Waals surface area contributed by atoms with Gasteiger partial charge in [0.25, 0.3) is 0 Å². The number of halogens is 1. The van der Waals surface area contributed by atoms with Gasteiger partial charge in [0, 0.05) is 43.4 Å². The summed E-state index contributed by atoms with van der Waals surface area (Å²) in [6.07, 6.45) is 1.72. The maximum Gasteiger partial charge on any atom is 0.0545 e. The van der Waals surface area contributed by atoms with Gasteiger partial charge in [-0.15, -0.1) is 0 Å². The SMILES string of the molecule is Nc1ccc(CN2CCN(c3cccc(Cl)c3)CC2)nc1. The van der Waals surface area contributed by atoms with Gasteiger partial charge in [-0.05, 0) is 30.3 Å². The predicted molar refractivity (Wildman–Crippen MR) is 87.6 cm³/mol. The average Bonchev–Trinajstić information content (AvgIpc) is 2.50. The van der Waals surface area contributed by atoms with Crippen molar-refractivity contribution in [2.45, 2.75) is 6.54 Å². The second-order valence-corrected chi connectivity index (χ2v) is 5.76. The van der Waals surface area contributed by atoms with Crippen molar-refractivity contribution >= 4 is 23.0 Å². The van der Waals surface area contributed by atoms with E-state index in [1.807, 2.05) is 30.3 Å². The number of anilines is 2. The molecule has 0 radical (unpaired) electrons. The van der Waals surface area contributed by atoms with Crippen LogP contribution in [0.15, 0.2) is 42.6 Å². The summed E-state index contributed by atoms with van der Waals surface area (Å²) in [5.41, 5.74) is 8.65. The third-order valence-corrected chi connectivity index (χ3v) is 4.01. The Hall–Kier alpha value is -1.78. The van der Waals surface area contributed by atoms with Crippen LogP contribution in [0, 0.1) is 0 Å². The van der Waals surface area contributed by atoms with E-state index >= 15 is 0 Å². The minimum absolute atomic E-state index is 0.713. The van der Waals surface area contributed by atoms with Gasteiger partial charge in [-0.1, -0.05) is 17.7 Å². The monoisotopic (exact) mass is 302 g/mol. The highest BCUT2D eigenvalue weighted by Crippen LogP contribution is 2.21. The first-order chi connectivity index (χ1) is 10.2. The molecule has 0 atom stereocenters. The molecule has 2 heterocycles. The second-order valence-electron chi connectivity index (χ2n) is 5.33. The molecule has 1 fully saturated rings. The van der Waals surface area contributed by atoms with Crippen LogP contribution in [0.2, 0.25) is 5.02 Å². The summed E-state index contributed by atoms with van der Waals surface area (Å²) in [5.74, 6) is 0. The first-order valence-electron chi connectivity index (χ1n) is 7.14. The zero-order valence-electron chi connectivity index (χ0n) is 11.9. The molecular formula is C16H19ClN4. The number of nitrogens with two attached hydrogens (primary N) is 1. The van der Waals surface area contributed by atoms with E-state index in [2.05, 4.69) is 20.9 Å². The number of rotatable bonds is 3. The molecule has 1 aliphatic rings. The van der Waals surface area contributed by atoms with Gasteiger partial charge in [0.15, 0.2) is 0 Å². The van der Waals surface area contributed by atoms with E-state index in [0.717, 1.165) is 43.4 Å². The van der Waals surface area contributed by atoms with E-state index < -0.39 is 0 Å². The van der Waals surface area contributed by atoms with Crippen LogP contribution in [0.3, 0.4) is 0 Å². The Morgan fingerprint density at radius 3 is 2.57 bits per heavy atom. The minimum Gasteiger partial charge on any atom is -0.397 e. The molecule has 1 aliphatic heterocycles. The van der Waals surface area contributed by atoms with E-state index in [1.165, 1.54) is 5.69 Å². The van der Waals surface area contributed by atoms with E-state index in [-0.39, 0.29) is 0 Å². The lowest BCUT2D eigenvalue weighted by molar-refractivity contribution is 0.247. The van der Waals surface area contributed by atoms with E-state index in [0.29, 0.717) is 5.69 Å². The maximum absolute atomic E-state index is 6.06. The normalized spacial score (nSPS) is 16.1. The Morgan fingerprint density at radius 2 is 1.90 bits per heavy atom. The number of benzene rings is 1. The maximum atomic E-state index is 6.06. The molecule has 21 heavy (non-hydrogen) atoms. The van der Waals surface area contributed by atoms with Crippen molar-refractivity contribution in [1.82, 2.24) is 9.88 Å². The summed E-state index contributed by atoms with van der Waals surface area (Å²) >= 11 is 6.06. The van der Waals surface area contributed by atoms with Crippen LogP contribution in [0.1, 0.15) is 5.69 Å². The molecule has 0 unspecified atom stereocenters. The second kappa shape index (κ2) is 6.33. The van der Waals surface area contributed by atoms with Gasteiger partial charge in [-0.2, -0.15) is 0 Å². The van der Waals surface area contributed by atoms with Crippen LogP contribution in [-0.2, 0) is 6.54 Å². The molecule has 0 saturated carbocycles. The van der Waals surface area contributed by atoms with E-state index in [1.54, 1.807) is 6.20 Å². The number of pyridine rings is 1. The summed E-state index contributed by atoms with van der Waals surface area (Å²) < 4.78 is 0. The number of nitrogen functional groups attached to an aromatic ring is 1. The highest BCUT2D eigenvalue weighted by molar-refractivity contribution is 6.30. The van der Waals surface area contributed by atoms with Crippen molar-refractivity contribution in [2.24, 2.45) is 0 Å². The first-order valence-corrected chi connectivity index (χ1v) is 7.52. The topological polar surface area (TPSA) is 45.4 Å². The lowest BCUT2D eigenvalue weighted by Crippen LogP contribution is -2.46. The van der Waals surface area contributed by atoms with Crippen LogP contribution in [0.5, 0.6) is 0 Å². The van der Waals surface area contributed by atoms with Crippen LogP contribution < -0.4 is 10.6 Å². The molecule has 2 aromatic rings. The van der Waals surface area contributed by atoms with Crippen molar-refractivity contribution < 1.29 is 0 Å². The summed E-state index contributed by atoms with van der Waals surface area (Å²) in [4.78, 5) is 9.15. The molecule has 1 saturated heterocycles. The number of piperazine rings is 1. The molecule has 0 bridgehead atoms. The van der Waals surface area contributed by atoms with Crippen LogP contribution in [0.25, 0.3) is 0 Å². The van der Waals surface area contributed by atoms with Crippen molar-refractivity contribution in [3.63, 3.8) is 0 Å². The Kier molecular flexibility index (Phi) is 4.27. The molecule has 3 rings (SSSR count). The number of hydrogen-bond acceptors (Lipinski definition) is 4. The quantitative estimate of drug-likeness (QED) is 0.947. The predicted octanol–water partition coefficient (Wildman–Crippen LogP) is 2.64. The fourth-order valence-electron chi connectivity index (χ4n) is 2.60. The van der Waals surface area contributed by atoms with Crippen LogP contribution >= 0.6 is 11.6 Å². The van der Waals surface area contributed by atoms with E-state index in [9.17, 15) is 0 Å². The Labute approximate surface area is 130 Å². The van der Waals surface area contributed by atoms with Crippen LogP contribution in [0.4, 0.5) is 11.4 Å². The van der Waals surface area contributed by atoms with Crippen molar-refractivity contribution in [2.75, 3.05) is 36.8 Å². The molecule has 0 aliphatic carbocycles. The standard InChI is InChI=1S/C16H19ClN4/c17-13-2-1-3-16(10-13)21-8-6-20(7-9-21)12-15-5-4-14(18)11-19-15/h1-5,10-11H,6-9,12,18H2. The Bertz CT molecular complexity index is 591. The first kappa shape index (κ1) is 14.2. The zero-order valence-corrected chi connectivity index (χ0v) is 12.6. The van der Waals surface area contributed by atoms with Gasteiger partial charge in [0.05, 0.1) is 17.6 Å². The summed E-state index contributed by atoms with van der Waals surface area (Å²) in [6, 6.07) is 12.0. The number of aromatic nitrogens is 1. The molecule has 1 aromatic carbocycles. The average molecular weight is 303 g/mol. The number of hydrogen-bond donors (Lipinski definition) is 1. The lowest BCUT2D eigenvalue weighted by atomic mass is 10.2. The molecule has 0 amide bonds. The van der Waals surface area contributed by atoms with E-state index in [4.69, 9.17) is 17.3 Å². The molecule has 1 aromatic heterocycles. The highest BCUT2D eigenvalue weighted by Gasteiger charge is 2.17. The molecular weight excluding hydrogens is 284 g/mol. The van der Waals surface area contributed by atoms with Gasteiger partial charge in [-0.3, -0.25) is 9.88 Å². The fraction of sp³-hybridized carbons (Fsp3) is 0.312. The Morgan fingerprint density at radius 1 is 1.10 bits per heavy atom.